The lowest BCUT2D eigenvalue weighted by Crippen LogP contribution is -2.36. The zero-order valence-corrected chi connectivity index (χ0v) is 20.4. The van der Waals surface area contributed by atoms with E-state index in [0.717, 1.165) is 36.8 Å². The molecule has 0 radical (unpaired) electrons. The van der Waals surface area contributed by atoms with Gasteiger partial charge < -0.3 is 14.8 Å². The van der Waals surface area contributed by atoms with Gasteiger partial charge in [-0.2, -0.15) is 0 Å². The zero-order valence-electron chi connectivity index (χ0n) is 19.6. The van der Waals surface area contributed by atoms with E-state index in [0.29, 0.717) is 24.3 Å². The molecule has 1 atom stereocenters. The number of ether oxygens (including phenoxy) is 2. The second-order valence-electron chi connectivity index (χ2n) is 8.50. The largest absolute Gasteiger partial charge is 0.493 e. The molecule has 1 unspecified atom stereocenters. The van der Waals surface area contributed by atoms with Gasteiger partial charge in [0.05, 0.1) is 25.2 Å². The molecule has 2 aromatic carbocycles. The highest BCUT2D eigenvalue weighted by Gasteiger charge is 2.21. The Hall–Kier alpha value is -2.58. The van der Waals surface area contributed by atoms with Gasteiger partial charge >= 0.3 is 0 Å². The highest BCUT2D eigenvalue weighted by atomic mass is 32.2. The lowest BCUT2D eigenvalue weighted by Gasteiger charge is -2.22. The van der Waals surface area contributed by atoms with Gasteiger partial charge in [0.25, 0.3) is 0 Å². The van der Waals surface area contributed by atoms with Crippen molar-refractivity contribution < 1.29 is 22.7 Å². The molecule has 0 heterocycles. The predicted octanol–water partition coefficient (Wildman–Crippen LogP) is 4.12. The minimum absolute atomic E-state index is 0.0276. The Kier molecular flexibility index (Phi) is 8.74. The van der Waals surface area contributed by atoms with Gasteiger partial charge in [0.15, 0.2) is 11.5 Å². The molecule has 0 bridgehead atoms. The molecule has 2 aromatic rings. The third-order valence-corrected chi connectivity index (χ3v) is 7.62. The Morgan fingerprint density at radius 2 is 1.67 bits per heavy atom. The van der Waals surface area contributed by atoms with Crippen molar-refractivity contribution in [2.75, 3.05) is 14.2 Å². The van der Waals surface area contributed by atoms with Gasteiger partial charge in [-0.05, 0) is 61.6 Å². The Labute approximate surface area is 196 Å². The van der Waals surface area contributed by atoms with E-state index in [2.05, 4.69) is 10.0 Å². The first-order chi connectivity index (χ1) is 15.8. The molecule has 33 heavy (non-hydrogen) atoms. The SMILES string of the molecule is COc1ccc(C(C)NC(=O)CCc2ccc(S(=O)(=O)NC3CCCCC3)cc2)cc1OC. The molecule has 1 aliphatic rings. The van der Waals surface area contributed by atoms with Crippen molar-refractivity contribution in [1.82, 2.24) is 10.0 Å². The summed E-state index contributed by atoms with van der Waals surface area (Å²) in [6.45, 7) is 1.91. The minimum Gasteiger partial charge on any atom is -0.493 e. The second kappa shape index (κ2) is 11.5. The summed E-state index contributed by atoms with van der Waals surface area (Å²) in [5.41, 5.74) is 1.83. The van der Waals surface area contributed by atoms with E-state index < -0.39 is 10.0 Å². The Balaban J connectivity index is 1.52. The number of methoxy groups -OCH3 is 2. The average molecular weight is 475 g/mol. The van der Waals surface area contributed by atoms with Crippen molar-refractivity contribution in [3.63, 3.8) is 0 Å². The molecule has 0 aromatic heterocycles. The maximum absolute atomic E-state index is 12.6. The van der Waals surface area contributed by atoms with Crippen LogP contribution in [0.15, 0.2) is 47.4 Å². The summed E-state index contributed by atoms with van der Waals surface area (Å²) in [7, 11) is -0.356. The number of carbonyl (C=O) groups is 1. The van der Waals surface area contributed by atoms with E-state index in [1.165, 1.54) is 6.42 Å². The Morgan fingerprint density at radius 3 is 2.30 bits per heavy atom. The number of amides is 1. The van der Waals surface area contributed by atoms with Gasteiger partial charge in [-0.1, -0.05) is 37.5 Å². The molecule has 3 rings (SSSR count). The topological polar surface area (TPSA) is 93.7 Å². The van der Waals surface area contributed by atoms with E-state index >= 15 is 0 Å². The second-order valence-corrected chi connectivity index (χ2v) is 10.2. The molecule has 1 amide bonds. The highest BCUT2D eigenvalue weighted by Crippen LogP contribution is 2.30. The average Bonchev–Trinajstić information content (AvgIpc) is 2.82. The van der Waals surface area contributed by atoms with Crippen LogP contribution in [0, 0.1) is 0 Å². The molecular formula is C25H34N2O5S. The minimum atomic E-state index is -3.51. The van der Waals surface area contributed by atoms with Crippen LogP contribution in [0.4, 0.5) is 0 Å². The highest BCUT2D eigenvalue weighted by molar-refractivity contribution is 7.89. The zero-order chi connectivity index (χ0) is 23.8. The van der Waals surface area contributed by atoms with Gasteiger partial charge in [-0.15, -0.1) is 0 Å². The standard InChI is InChI=1S/C25H34N2O5S/c1-18(20-12-15-23(31-2)24(17-20)32-3)26-25(28)16-11-19-9-13-22(14-10-19)33(29,30)27-21-7-5-4-6-8-21/h9-10,12-15,17-18,21,27H,4-8,11,16H2,1-3H3,(H,26,28). The fourth-order valence-electron chi connectivity index (χ4n) is 4.12. The summed E-state index contributed by atoms with van der Waals surface area (Å²) < 4.78 is 38.7. The normalized spacial score (nSPS) is 15.6. The van der Waals surface area contributed by atoms with Crippen molar-refractivity contribution >= 4 is 15.9 Å². The van der Waals surface area contributed by atoms with Crippen LogP contribution in [0.25, 0.3) is 0 Å². The number of carbonyl (C=O) groups excluding carboxylic acids is 1. The fraction of sp³-hybridized carbons (Fsp3) is 0.480. The van der Waals surface area contributed by atoms with E-state index in [1.807, 2.05) is 25.1 Å². The van der Waals surface area contributed by atoms with Crippen LogP contribution >= 0.6 is 0 Å². The molecular weight excluding hydrogens is 440 g/mol. The smallest absolute Gasteiger partial charge is 0.240 e. The molecule has 1 fully saturated rings. The third kappa shape index (κ3) is 6.95. The van der Waals surface area contributed by atoms with Crippen LogP contribution in [0.1, 0.15) is 62.6 Å². The number of hydrogen-bond acceptors (Lipinski definition) is 5. The summed E-state index contributed by atoms with van der Waals surface area (Å²) >= 11 is 0. The molecule has 0 aliphatic heterocycles. The van der Waals surface area contributed by atoms with Crippen molar-refractivity contribution in [2.45, 2.75) is 68.8 Å². The number of aryl methyl sites for hydroxylation is 1. The molecule has 0 spiro atoms. The Bertz CT molecular complexity index is 1030. The molecule has 7 nitrogen and oxygen atoms in total. The first-order valence-corrected chi connectivity index (χ1v) is 12.9. The van der Waals surface area contributed by atoms with Crippen LogP contribution in [0.2, 0.25) is 0 Å². The van der Waals surface area contributed by atoms with Crippen LogP contribution in [0.5, 0.6) is 11.5 Å². The summed E-state index contributed by atoms with van der Waals surface area (Å²) in [6, 6.07) is 12.2. The summed E-state index contributed by atoms with van der Waals surface area (Å²) in [5, 5.41) is 3.00. The lowest BCUT2D eigenvalue weighted by atomic mass is 9.96. The Morgan fingerprint density at radius 1 is 1.00 bits per heavy atom. The van der Waals surface area contributed by atoms with E-state index in [-0.39, 0.29) is 22.9 Å². The van der Waals surface area contributed by atoms with Crippen molar-refractivity contribution in [2.24, 2.45) is 0 Å². The molecule has 180 valence electrons. The summed E-state index contributed by atoms with van der Waals surface area (Å²) in [6.07, 6.45) is 5.94. The van der Waals surface area contributed by atoms with Gasteiger partial charge in [0.2, 0.25) is 15.9 Å². The molecule has 0 saturated heterocycles. The number of hydrogen-bond donors (Lipinski definition) is 2. The number of sulfonamides is 1. The van der Waals surface area contributed by atoms with Crippen molar-refractivity contribution in [1.29, 1.82) is 0 Å². The van der Waals surface area contributed by atoms with Gasteiger partial charge in [0, 0.05) is 12.5 Å². The third-order valence-electron chi connectivity index (χ3n) is 6.09. The van der Waals surface area contributed by atoms with E-state index in [9.17, 15) is 13.2 Å². The molecule has 2 N–H and O–H groups in total. The van der Waals surface area contributed by atoms with E-state index in [1.54, 1.807) is 38.5 Å². The summed E-state index contributed by atoms with van der Waals surface area (Å²) in [5.74, 6) is 1.18. The van der Waals surface area contributed by atoms with Crippen LogP contribution in [-0.2, 0) is 21.2 Å². The summed E-state index contributed by atoms with van der Waals surface area (Å²) in [4.78, 5) is 12.7. The predicted molar refractivity (Wildman–Crippen MR) is 128 cm³/mol. The van der Waals surface area contributed by atoms with Crippen LogP contribution in [0.3, 0.4) is 0 Å². The van der Waals surface area contributed by atoms with Gasteiger partial charge in [0.1, 0.15) is 0 Å². The number of nitrogens with one attached hydrogen (secondary N) is 2. The first kappa shape index (κ1) is 25.1. The molecule has 1 saturated carbocycles. The van der Waals surface area contributed by atoms with Crippen LogP contribution in [-0.4, -0.2) is 34.6 Å². The molecule has 8 heteroatoms. The quantitative estimate of drug-likeness (QED) is 0.540. The first-order valence-electron chi connectivity index (χ1n) is 11.4. The van der Waals surface area contributed by atoms with E-state index in [4.69, 9.17) is 9.47 Å². The fourth-order valence-corrected chi connectivity index (χ4v) is 5.43. The van der Waals surface area contributed by atoms with Gasteiger partial charge in [-0.25, -0.2) is 13.1 Å². The van der Waals surface area contributed by atoms with Crippen LogP contribution < -0.4 is 19.5 Å². The van der Waals surface area contributed by atoms with Gasteiger partial charge in [-0.3, -0.25) is 4.79 Å². The maximum Gasteiger partial charge on any atom is 0.240 e. The molecule has 1 aliphatic carbocycles. The van der Waals surface area contributed by atoms with Crippen molar-refractivity contribution in [3.05, 3.63) is 53.6 Å². The lowest BCUT2D eigenvalue weighted by molar-refractivity contribution is -0.121. The number of benzene rings is 2. The van der Waals surface area contributed by atoms with Crippen molar-refractivity contribution in [3.8, 4) is 11.5 Å². The maximum atomic E-state index is 12.6. The monoisotopic (exact) mass is 474 g/mol. The number of rotatable bonds is 10.